The van der Waals surface area contributed by atoms with Crippen molar-refractivity contribution in [3.8, 4) is 0 Å². The van der Waals surface area contributed by atoms with Crippen LogP contribution in [0.15, 0.2) is 40.5 Å². The highest BCUT2D eigenvalue weighted by Crippen LogP contribution is 2.25. The lowest BCUT2D eigenvalue weighted by atomic mass is 10.1. The van der Waals surface area contributed by atoms with Crippen molar-refractivity contribution in [1.29, 1.82) is 0 Å². The average Bonchev–Trinajstić information content (AvgIpc) is 3.53. The molecule has 0 bridgehead atoms. The fourth-order valence-electron chi connectivity index (χ4n) is 3.42. The molecule has 1 atom stereocenters. The van der Waals surface area contributed by atoms with Gasteiger partial charge in [-0.3, -0.25) is 10.1 Å². The van der Waals surface area contributed by atoms with Crippen LogP contribution in [-0.2, 0) is 28.9 Å². The third kappa shape index (κ3) is 6.77. The topological polar surface area (TPSA) is 145 Å². The minimum Gasteiger partial charge on any atom is -0.389 e. The number of nitrogens with zero attached hydrogens (tertiary/aromatic N) is 5. The number of benzene rings is 1. The number of ether oxygens (including phenoxy) is 2. The Morgan fingerprint density at radius 3 is 2.73 bits per heavy atom. The van der Waals surface area contributed by atoms with Gasteiger partial charge in [0.1, 0.15) is 5.82 Å². The van der Waals surface area contributed by atoms with Gasteiger partial charge in [-0.05, 0) is 18.6 Å². The van der Waals surface area contributed by atoms with E-state index < -0.39 is 15.7 Å². The van der Waals surface area contributed by atoms with Crippen LogP contribution in [0.25, 0.3) is 10.5 Å². The molecule has 4 rings (SSSR count). The number of carbonyl (C=O) groups excluding carboxylic acids is 1. The van der Waals surface area contributed by atoms with E-state index in [0.29, 0.717) is 59.7 Å². The zero-order valence-corrected chi connectivity index (χ0v) is 22.3. The quantitative estimate of drug-likeness (QED) is 0.215. The SMILES string of the molecule is COCCCS(=O)(=O)c1ccc(/C(=N\O[C@@H]2CCOC2)C(=O)Nc2nc3ncc(N(C)C)nc3s2)cc1. The second kappa shape index (κ2) is 11.9. The van der Waals surface area contributed by atoms with Gasteiger partial charge in [-0.2, -0.15) is 4.98 Å². The van der Waals surface area contributed by atoms with E-state index in [1.54, 1.807) is 6.20 Å². The van der Waals surface area contributed by atoms with E-state index in [1.165, 1.54) is 42.7 Å². The molecule has 198 valence electrons. The number of fused-ring (bicyclic) bond motifs is 1. The van der Waals surface area contributed by atoms with Crippen molar-refractivity contribution in [2.45, 2.75) is 23.8 Å². The summed E-state index contributed by atoms with van der Waals surface area (Å²) >= 11 is 1.18. The molecule has 1 aliphatic rings. The standard InChI is InChI=1S/C23H28N6O6S2/c1-29(2)18-13-24-20-22(25-18)36-23(26-20)27-21(30)19(28-35-16-9-11-34-14-16)15-5-7-17(8-6-15)37(31,32)12-4-10-33-3/h5-8,13,16H,4,9-12,14H2,1-3H3,(H,24,26,27,30)/b28-19+/t16-/m1/s1. The second-order valence-corrected chi connectivity index (χ2v) is 11.5. The fraction of sp³-hybridized carbons (Fsp3) is 0.435. The molecule has 0 radical (unpaired) electrons. The van der Waals surface area contributed by atoms with Gasteiger partial charge >= 0.3 is 0 Å². The summed E-state index contributed by atoms with van der Waals surface area (Å²) < 4.78 is 35.4. The number of oxime groups is 1. The van der Waals surface area contributed by atoms with Crippen LogP contribution in [0.4, 0.5) is 10.9 Å². The van der Waals surface area contributed by atoms with Crippen LogP contribution < -0.4 is 10.2 Å². The van der Waals surface area contributed by atoms with E-state index in [1.807, 2.05) is 19.0 Å². The first kappa shape index (κ1) is 26.9. The summed E-state index contributed by atoms with van der Waals surface area (Å²) in [6.45, 7) is 1.28. The summed E-state index contributed by atoms with van der Waals surface area (Å²) in [6, 6.07) is 5.96. The molecule has 1 N–H and O–H groups in total. The predicted octanol–water partition coefficient (Wildman–Crippen LogP) is 2.11. The van der Waals surface area contributed by atoms with Crippen molar-refractivity contribution in [1.82, 2.24) is 15.0 Å². The van der Waals surface area contributed by atoms with E-state index in [9.17, 15) is 13.2 Å². The second-order valence-electron chi connectivity index (χ2n) is 8.45. The Balaban J connectivity index is 1.57. The zero-order chi connectivity index (χ0) is 26.4. The van der Waals surface area contributed by atoms with E-state index in [-0.39, 0.29) is 22.5 Å². The lowest BCUT2D eigenvalue weighted by molar-refractivity contribution is -0.110. The number of methoxy groups -OCH3 is 1. The molecular weight excluding hydrogens is 520 g/mol. The number of aromatic nitrogens is 3. The first-order valence-corrected chi connectivity index (χ1v) is 14.0. The Morgan fingerprint density at radius 1 is 1.27 bits per heavy atom. The zero-order valence-electron chi connectivity index (χ0n) is 20.7. The van der Waals surface area contributed by atoms with E-state index in [2.05, 4.69) is 25.4 Å². The van der Waals surface area contributed by atoms with Gasteiger partial charge in [-0.15, -0.1) is 0 Å². The van der Waals surface area contributed by atoms with Gasteiger partial charge in [-0.1, -0.05) is 28.6 Å². The van der Waals surface area contributed by atoms with Crippen LogP contribution in [0.3, 0.4) is 0 Å². The molecule has 1 aliphatic heterocycles. The maximum Gasteiger partial charge on any atom is 0.280 e. The van der Waals surface area contributed by atoms with Crippen LogP contribution in [-0.4, -0.2) is 87.9 Å². The normalized spacial score (nSPS) is 16.2. The molecule has 14 heteroatoms. The Kier molecular flexibility index (Phi) is 8.63. The highest BCUT2D eigenvalue weighted by molar-refractivity contribution is 7.91. The molecule has 0 aliphatic carbocycles. The summed E-state index contributed by atoms with van der Waals surface area (Å²) in [5.74, 6) is 0.0592. The van der Waals surface area contributed by atoms with Gasteiger partial charge in [0.25, 0.3) is 5.91 Å². The monoisotopic (exact) mass is 548 g/mol. The van der Waals surface area contributed by atoms with Crippen molar-refractivity contribution in [2.24, 2.45) is 5.16 Å². The molecule has 1 saturated heterocycles. The molecule has 3 heterocycles. The lowest BCUT2D eigenvalue weighted by Gasteiger charge is -2.10. The van der Waals surface area contributed by atoms with Crippen molar-refractivity contribution < 1.29 is 27.5 Å². The van der Waals surface area contributed by atoms with E-state index in [0.717, 1.165) is 0 Å². The lowest BCUT2D eigenvalue weighted by Crippen LogP contribution is -2.25. The maximum atomic E-state index is 13.3. The average molecular weight is 549 g/mol. The molecule has 0 unspecified atom stereocenters. The first-order chi connectivity index (χ1) is 17.8. The van der Waals surface area contributed by atoms with E-state index in [4.69, 9.17) is 14.3 Å². The minimum atomic E-state index is -3.49. The molecule has 37 heavy (non-hydrogen) atoms. The van der Waals surface area contributed by atoms with E-state index >= 15 is 0 Å². The van der Waals surface area contributed by atoms with Crippen LogP contribution in [0, 0.1) is 0 Å². The van der Waals surface area contributed by atoms with Crippen molar-refractivity contribution in [3.63, 3.8) is 0 Å². The number of hydrogen-bond donors (Lipinski definition) is 1. The summed E-state index contributed by atoms with van der Waals surface area (Å²) in [4.78, 5) is 34.5. The van der Waals surface area contributed by atoms with Gasteiger partial charge in [0.05, 0.1) is 30.1 Å². The van der Waals surface area contributed by atoms with Gasteiger partial charge in [-0.25, -0.2) is 18.4 Å². The Morgan fingerprint density at radius 2 is 2.05 bits per heavy atom. The number of sulfone groups is 1. The summed E-state index contributed by atoms with van der Waals surface area (Å²) in [6.07, 6.45) is 2.36. The number of nitrogens with one attached hydrogen (secondary N) is 1. The third-order valence-electron chi connectivity index (χ3n) is 5.43. The van der Waals surface area contributed by atoms with Crippen molar-refractivity contribution in [2.75, 3.05) is 57.0 Å². The molecule has 1 amide bonds. The number of rotatable bonds is 11. The van der Waals surface area contributed by atoms with Crippen LogP contribution in [0.2, 0.25) is 0 Å². The third-order valence-corrected chi connectivity index (χ3v) is 8.10. The number of thiazole rings is 1. The Labute approximate surface area is 218 Å². The van der Waals surface area contributed by atoms with Crippen LogP contribution in [0.5, 0.6) is 0 Å². The molecule has 1 aromatic carbocycles. The highest BCUT2D eigenvalue weighted by atomic mass is 32.2. The number of anilines is 2. The van der Waals surface area contributed by atoms with Gasteiger partial charge < -0.3 is 19.2 Å². The summed E-state index contributed by atoms with van der Waals surface area (Å²) in [5, 5.41) is 7.14. The molecule has 1 fully saturated rings. The molecular formula is C23H28N6O6S2. The fourth-order valence-corrected chi connectivity index (χ4v) is 5.49. The van der Waals surface area contributed by atoms with Crippen molar-refractivity contribution >= 4 is 54.2 Å². The number of hydrogen-bond acceptors (Lipinski definition) is 12. The highest BCUT2D eigenvalue weighted by Gasteiger charge is 2.22. The summed E-state index contributed by atoms with van der Waals surface area (Å²) in [5.41, 5.74) is 0.774. The van der Waals surface area contributed by atoms with Crippen molar-refractivity contribution in [3.05, 3.63) is 36.0 Å². The molecule has 0 spiro atoms. The molecule has 3 aromatic rings. The summed E-state index contributed by atoms with van der Waals surface area (Å²) in [7, 11) is 1.75. The number of carbonyl (C=O) groups is 1. The smallest absolute Gasteiger partial charge is 0.280 e. The Bertz CT molecular complexity index is 1370. The van der Waals surface area contributed by atoms with Gasteiger partial charge in [0.2, 0.25) is 0 Å². The van der Waals surface area contributed by atoms with Gasteiger partial charge in [0, 0.05) is 39.8 Å². The predicted molar refractivity (Wildman–Crippen MR) is 140 cm³/mol. The number of amides is 1. The largest absolute Gasteiger partial charge is 0.389 e. The molecule has 0 saturated carbocycles. The molecule has 12 nitrogen and oxygen atoms in total. The first-order valence-electron chi connectivity index (χ1n) is 11.5. The maximum absolute atomic E-state index is 13.3. The minimum absolute atomic E-state index is 0.0237. The van der Waals surface area contributed by atoms with Crippen LogP contribution >= 0.6 is 11.3 Å². The van der Waals surface area contributed by atoms with Gasteiger partial charge in [0.15, 0.2) is 37.3 Å². The Hall–Kier alpha value is -3.20. The molecule has 2 aromatic heterocycles. The van der Waals surface area contributed by atoms with Crippen LogP contribution in [0.1, 0.15) is 18.4 Å².